The number of hydrogen-bond acceptors (Lipinski definition) is 4. The highest BCUT2D eigenvalue weighted by molar-refractivity contribution is 6.32. The maximum absolute atomic E-state index is 14.5. The van der Waals surface area contributed by atoms with Crippen LogP contribution < -0.4 is 10.1 Å². The maximum atomic E-state index is 14.5. The van der Waals surface area contributed by atoms with E-state index in [2.05, 4.69) is 5.32 Å². The van der Waals surface area contributed by atoms with Crippen LogP contribution in [0, 0.1) is 5.82 Å². The molecule has 0 fully saturated rings. The van der Waals surface area contributed by atoms with Crippen LogP contribution in [-0.2, 0) is 11.2 Å². The number of furan rings is 1. The number of carbonyl (C=O) groups is 2. The number of carbonyl (C=O) groups excluding carboxylic acids is 1. The van der Waals surface area contributed by atoms with E-state index in [1.807, 2.05) is 12.1 Å². The van der Waals surface area contributed by atoms with E-state index in [1.54, 1.807) is 18.2 Å². The van der Waals surface area contributed by atoms with Crippen LogP contribution >= 0.6 is 11.6 Å². The van der Waals surface area contributed by atoms with Crippen molar-refractivity contribution < 1.29 is 28.2 Å². The van der Waals surface area contributed by atoms with Gasteiger partial charge in [0, 0.05) is 17.1 Å². The zero-order chi connectivity index (χ0) is 22.0. The van der Waals surface area contributed by atoms with Crippen molar-refractivity contribution in [2.45, 2.75) is 6.42 Å². The van der Waals surface area contributed by atoms with E-state index < -0.39 is 17.7 Å². The zero-order valence-corrected chi connectivity index (χ0v) is 16.7. The number of anilines is 1. The van der Waals surface area contributed by atoms with Gasteiger partial charge in [0.05, 0.1) is 11.4 Å². The van der Waals surface area contributed by atoms with Gasteiger partial charge in [0.1, 0.15) is 11.3 Å². The number of halogens is 2. The summed E-state index contributed by atoms with van der Waals surface area (Å²) in [6.45, 7) is 0. The Labute approximate surface area is 180 Å². The number of fused-ring (bicyclic) bond motifs is 1. The van der Waals surface area contributed by atoms with Crippen LogP contribution in [0.3, 0.4) is 0 Å². The molecule has 0 unspecified atom stereocenters. The van der Waals surface area contributed by atoms with Gasteiger partial charge >= 0.3 is 5.97 Å². The number of nitrogens with one attached hydrogen (secondary N) is 1. The van der Waals surface area contributed by atoms with Gasteiger partial charge in [-0.3, -0.25) is 9.59 Å². The molecule has 2 N–H and O–H groups in total. The molecule has 6 nitrogen and oxygen atoms in total. The summed E-state index contributed by atoms with van der Waals surface area (Å²) in [5.74, 6) is -2.04. The van der Waals surface area contributed by atoms with Crippen LogP contribution in [0.2, 0.25) is 5.02 Å². The molecule has 4 rings (SSSR count). The lowest BCUT2D eigenvalue weighted by atomic mass is 10.1. The van der Waals surface area contributed by atoms with Gasteiger partial charge in [-0.25, -0.2) is 4.39 Å². The molecule has 0 radical (unpaired) electrons. The van der Waals surface area contributed by atoms with Crippen LogP contribution in [0.4, 0.5) is 10.1 Å². The first kappa shape index (κ1) is 20.4. The fourth-order valence-electron chi connectivity index (χ4n) is 2.98. The Morgan fingerprint density at radius 2 is 1.81 bits per heavy atom. The predicted molar refractivity (Wildman–Crippen MR) is 113 cm³/mol. The van der Waals surface area contributed by atoms with Crippen LogP contribution in [0.15, 0.2) is 71.1 Å². The van der Waals surface area contributed by atoms with E-state index in [4.69, 9.17) is 25.9 Å². The van der Waals surface area contributed by atoms with Crippen molar-refractivity contribution in [1.82, 2.24) is 0 Å². The van der Waals surface area contributed by atoms with Crippen LogP contribution in [0.5, 0.6) is 11.5 Å². The first-order valence-corrected chi connectivity index (χ1v) is 9.54. The van der Waals surface area contributed by atoms with Gasteiger partial charge in [-0.05, 0) is 42.0 Å². The van der Waals surface area contributed by atoms with Crippen molar-refractivity contribution in [3.8, 4) is 11.5 Å². The molecule has 0 spiro atoms. The highest BCUT2D eigenvalue weighted by atomic mass is 35.5. The van der Waals surface area contributed by atoms with Crippen LogP contribution in [-0.4, -0.2) is 17.0 Å². The molecule has 0 bridgehead atoms. The summed E-state index contributed by atoms with van der Waals surface area (Å²) in [6.07, 6.45) is -0.187. The second kappa shape index (κ2) is 8.49. The van der Waals surface area contributed by atoms with E-state index >= 15 is 0 Å². The number of amides is 1. The summed E-state index contributed by atoms with van der Waals surface area (Å²) >= 11 is 6.11. The molecule has 0 aliphatic rings. The Kier molecular flexibility index (Phi) is 5.60. The second-order valence-corrected chi connectivity index (χ2v) is 7.09. The Bertz CT molecular complexity index is 1270. The molecule has 1 heterocycles. The molecule has 1 aromatic heterocycles. The Morgan fingerprint density at radius 3 is 2.52 bits per heavy atom. The van der Waals surface area contributed by atoms with Gasteiger partial charge in [0.15, 0.2) is 17.3 Å². The molecule has 31 heavy (non-hydrogen) atoms. The third-order valence-corrected chi connectivity index (χ3v) is 4.71. The molecule has 0 saturated heterocycles. The van der Waals surface area contributed by atoms with Crippen molar-refractivity contribution in [3.63, 3.8) is 0 Å². The Balaban J connectivity index is 1.48. The minimum absolute atomic E-state index is 0.102. The second-order valence-electron chi connectivity index (χ2n) is 6.69. The number of rotatable bonds is 6. The Hall–Kier alpha value is -3.84. The molecule has 4 aromatic rings. The van der Waals surface area contributed by atoms with Crippen LogP contribution in [0.25, 0.3) is 11.0 Å². The molecule has 8 heteroatoms. The molecule has 0 aliphatic heterocycles. The molecule has 0 aliphatic carbocycles. The number of aliphatic carboxylic acids is 1. The topological polar surface area (TPSA) is 88.8 Å². The third-order valence-electron chi connectivity index (χ3n) is 4.41. The minimum atomic E-state index is -0.990. The van der Waals surface area contributed by atoms with E-state index in [0.717, 1.165) is 11.5 Å². The molecular formula is C23H15ClFNO5. The molecule has 156 valence electrons. The van der Waals surface area contributed by atoms with Crippen molar-refractivity contribution in [3.05, 3.63) is 88.9 Å². The van der Waals surface area contributed by atoms with E-state index in [-0.39, 0.29) is 34.4 Å². The Morgan fingerprint density at radius 1 is 1.03 bits per heavy atom. The van der Waals surface area contributed by atoms with Crippen molar-refractivity contribution in [1.29, 1.82) is 0 Å². The lowest BCUT2D eigenvalue weighted by Gasteiger charge is -2.11. The van der Waals surface area contributed by atoms with Gasteiger partial charge < -0.3 is 19.6 Å². The number of ether oxygens (including phenoxy) is 1. The van der Waals surface area contributed by atoms with Gasteiger partial charge in [0.2, 0.25) is 0 Å². The molecule has 3 aromatic carbocycles. The first-order valence-electron chi connectivity index (χ1n) is 9.16. The number of benzene rings is 3. The van der Waals surface area contributed by atoms with E-state index in [0.29, 0.717) is 11.1 Å². The molecular weight excluding hydrogens is 425 g/mol. The predicted octanol–water partition coefficient (Wildman–Crippen LogP) is 5.90. The average Bonchev–Trinajstić information content (AvgIpc) is 3.16. The summed E-state index contributed by atoms with van der Waals surface area (Å²) in [4.78, 5) is 23.2. The molecule has 0 saturated carbocycles. The highest BCUT2D eigenvalue weighted by Crippen LogP contribution is 2.32. The smallest absolute Gasteiger partial charge is 0.307 e. The van der Waals surface area contributed by atoms with Gasteiger partial charge in [0.25, 0.3) is 5.91 Å². The van der Waals surface area contributed by atoms with Gasteiger partial charge in [-0.15, -0.1) is 0 Å². The zero-order valence-electron chi connectivity index (χ0n) is 15.9. The summed E-state index contributed by atoms with van der Waals surface area (Å²) in [6, 6.07) is 17.2. The lowest BCUT2D eigenvalue weighted by Crippen LogP contribution is -2.11. The summed E-state index contributed by atoms with van der Waals surface area (Å²) in [5, 5.41) is 12.4. The summed E-state index contributed by atoms with van der Waals surface area (Å²) in [7, 11) is 0. The third kappa shape index (κ3) is 4.67. The molecule has 1 amide bonds. The number of para-hydroxylation sites is 1. The van der Waals surface area contributed by atoms with Crippen molar-refractivity contribution in [2.75, 3.05) is 5.32 Å². The number of carboxylic acid groups (broad SMARTS) is 1. The lowest BCUT2D eigenvalue weighted by molar-refractivity contribution is -0.136. The monoisotopic (exact) mass is 439 g/mol. The van der Waals surface area contributed by atoms with Gasteiger partial charge in [-0.2, -0.15) is 0 Å². The van der Waals surface area contributed by atoms with Crippen molar-refractivity contribution >= 4 is 40.1 Å². The maximum Gasteiger partial charge on any atom is 0.307 e. The number of carboxylic acids is 1. The fourth-order valence-corrected chi connectivity index (χ4v) is 3.22. The quantitative estimate of drug-likeness (QED) is 0.390. The van der Waals surface area contributed by atoms with Crippen molar-refractivity contribution in [2.24, 2.45) is 0 Å². The van der Waals surface area contributed by atoms with E-state index in [1.165, 1.54) is 30.3 Å². The largest absolute Gasteiger partial charge is 0.481 e. The SMILES string of the molecule is O=C(O)Cc1ccc(Oc2ccc(NC(=O)c3cc4ccccc4o3)cc2F)c(Cl)c1. The van der Waals surface area contributed by atoms with E-state index in [9.17, 15) is 14.0 Å². The highest BCUT2D eigenvalue weighted by Gasteiger charge is 2.15. The average molecular weight is 440 g/mol. The standard InChI is InChI=1S/C23H15ClFNO5/c24-16-9-13(10-22(27)28)5-7-19(16)31-20-8-6-15(12-17(20)25)26-23(29)21-11-14-3-1-2-4-18(14)30-21/h1-9,11-12H,10H2,(H,26,29)(H,27,28). The summed E-state index contributed by atoms with van der Waals surface area (Å²) < 4.78 is 25.5. The fraction of sp³-hybridized carbons (Fsp3) is 0.0435. The minimum Gasteiger partial charge on any atom is -0.481 e. The summed E-state index contributed by atoms with van der Waals surface area (Å²) in [5.41, 5.74) is 1.29. The normalized spacial score (nSPS) is 10.8. The van der Waals surface area contributed by atoms with Gasteiger partial charge in [-0.1, -0.05) is 35.9 Å². The molecule has 0 atom stereocenters. The van der Waals surface area contributed by atoms with Crippen LogP contribution in [0.1, 0.15) is 16.1 Å². The number of hydrogen-bond donors (Lipinski definition) is 2. The first-order chi connectivity index (χ1) is 14.9.